The maximum absolute atomic E-state index is 12.4. The molecule has 3 atom stereocenters. The molecule has 0 spiro atoms. The fourth-order valence-electron chi connectivity index (χ4n) is 2.91. The minimum absolute atomic E-state index is 0.0888. The number of amides is 1. The minimum Gasteiger partial charge on any atom is -0.344 e. The molecular weight excluding hydrogens is 305 g/mol. The Balaban J connectivity index is 2.06. The predicted molar refractivity (Wildman–Crippen MR) is 83.3 cm³/mol. The van der Waals surface area contributed by atoms with Crippen molar-refractivity contribution in [1.82, 2.24) is 10.6 Å². The number of hydrogen-bond donors (Lipinski definition) is 2. The SMILES string of the molecule is CC(C)c1ccc(C2CNC(C)C(NC(=O)C(F)(F)F)C2)cc1. The van der Waals surface area contributed by atoms with Crippen LogP contribution in [0.25, 0.3) is 0 Å². The van der Waals surface area contributed by atoms with Crippen LogP contribution in [0, 0.1) is 0 Å². The van der Waals surface area contributed by atoms with Crippen molar-refractivity contribution in [2.75, 3.05) is 6.54 Å². The molecular formula is C17H23F3N2O. The van der Waals surface area contributed by atoms with Crippen molar-refractivity contribution in [2.24, 2.45) is 0 Å². The van der Waals surface area contributed by atoms with Crippen molar-refractivity contribution in [3.8, 4) is 0 Å². The van der Waals surface area contributed by atoms with Crippen molar-refractivity contribution >= 4 is 5.91 Å². The van der Waals surface area contributed by atoms with Crippen LogP contribution in [0.3, 0.4) is 0 Å². The predicted octanol–water partition coefficient (Wildman–Crippen LogP) is 3.32. The van der Waals surface area contributed by atoms with Gasteiger partial charge in [0.2, 0.25) is 0 Å². The van der Waals surface area contributed by atoms with Gasteiger partial charge in [-0.1, -0.05) is 38.1 Å². The highest BCUT2D eigenvalue weighted by molar-refractivity contribution is 5.82. The van der Waals surface area contributed by atoms with Gasteiger partial charge in [-0.25, -0.2) is 0 Å². The van der Waals surface area contributed by atoms with Gasteiger partial charge >= 0.3 is 12.1 Å². The summed E-state index contributed by atoms with van der Waals surface area (Å²) in [4.78, 5) is 11.2. The summed E-state index contributed by atoms with van der Waals surface area (Å²) in [5, 5.41) is 5.30. The zero-order valence-electron chi connectivity index (χ0n) is 13.6. The van der Waals surface area contributed by atoms with Crippen LogP contribution in [0.2, 0.25) is 0 Å². The lowest BCUT2D eigenvalue weighted by atomic mass is 9.85. The van der Waals surface area contributed by atoms with Crippen molar-refractivity contribution in [1.29, 1.82) is 0 Å². The van der Waals surface area contributed by atoms with Gasteiger partial charge in [0.25, 0.3) is 0 Å². The van der Waals surface area contributed by atoms with Crippen LogP contribution in [0.15, 0.2) is 24.3 Å². The van der Waals surface area contributed by atoms with E-state index in [0.29, 0.717) is 18.9 Å². The smallest absolute Gasteiger partial charge is 0.344 e. The molecule has 0 radical (unpaired) electrons. The molecule has 2 rings (SSSR count). The summed E-state index contributed by atoms with van der Waals surface area (Å²) in [6.45, 7) is 6.71. The highest BCUT2D eigenvalue weighted by Gasteiger charge is 2.41. The lowest BCUT2D eigenvalue weighted by Crippen LogP contribution is -2.56. The number of carbonyl (C=O) groups excluding carboxylic acids is 1. The molecule has 0 aromatic heterocycles. The monoisotopic (exact) mass is 328 g/mol. The van der Waals surface area contributed by atoms with Crippen molar-refractivity contribution in [2.45, 2.75) is 57.3 Å². The first-order chi connectivity index (χ1) is 10.7. The molecule has 6 heteroatoms. The number of carbonyl (C=O) groups is 1. The van der Waals surface area contributed by atoms with Crippen molar-refractivity contribution in [3.05, 3.63) is 35.4 Å². The summed E-state index contributed by atoms with van der Waals surface area (Å²) in [5.41, 5.74) is 2.31. The molecule has 3 nitrogen and oxygen atoms in total. The van der Waals surface area contributed by atoms with E-state index in [2.05, 4.69) is 36.6 Å². The molecule has 3 unspecified atom stereocenters. The molecule has 0 saturated carbocycles. The molecule has 1 heterocycles. The van der Waals surface area contributed by atoms with Crippen LogP contribution in [0.1, 0.15) is 50.2 Å². The number of hydrogen-bond acceptors (Lipinski definition) is 2. The molecule has 1 aliphatic rings. The second kappa shape index (κ2) is 6.91. The summed E-state index contributed by atoms with van der Waals surface area (Å²) in [5.74, 6) is -1.34. The number of nitrogens with one attached hydrogen (secondary N) is 2. The molecule has 1 aromatic carbocycles. The summed E-state index contributed by atoms with van der Waals surface area (Å²) in [7, 11) is 0. The van der Waals surface area contributed by atoms with E-state index in [4.69, 9.17) is 0 Å². The Morgan fingerprint density at radius 3 is 2.39 bits per heavy atom. The van der Waals surface area contributed by atoms with Crippen LogP contribution in [-0.4, -0.2) is 30.7 Å². The van der Waals surface area contributed by atoms with Crippen molar-refractivity contribution < 1.29 is 18.0 Å². The third-order valence-corrected chi connectivity index (χ3v) is 4.48. The second-order valence-corrected chi connectivity index (χ2v) is 6.53. The molecule has 1 aromatic rings. The van der Waals surface area contributed by atoms with Gasteiger partial charge in [0.15, 0.2) is 0 Å². The van der Waals surface area contributed by atoms with Gasteiger partial charge in [-0.15, -0.1) is 0 Å². The number of rotatable bonds is 3. The van der Waals surface area contributed by atoms with E-state index >= 15 is 0 Å². The van der Waals surface area contributed by atoms with E-state index in [1.54, 1.807) is 6.92 Å². The maximum atomic E-state index is 12.4. The molecule has 0 bridgehead atoms. The Labute approximate surface area is 134 Å². The zero-order chi connectivity index (χ0) is 17.2. The standard InChI is InChI=1S/C17H23F3N2O/c1-10(2)12-4-6-13(7-5-12)14-8-15(11(3)21-9-14)22-16(23)17(18,19)20/h4-7,10-11,14-15,21H,8-9H2,1-3H3,(H,22,23). The molecule has 1 saturated heterocycles. The molecule has 128 valence electrons. The largest absolute Gasteiger partial charge is 0.471 e. The third kappa shape index (κ3) is 4.47. The number of halogens is 3. The third-order valence-electron chi connectivity index (χ3n) is 4.48. The first-order valence-corrected chi connectivity index (χ1v) is 7.89. The quantitative estimate of drug-likeness (QED) is 0.894. The molecule has 23 heavy (non-hydrogen) atoms. The fourth-order valence-corrected chi connectivity index (χ4v) is 2.91. The van der Waals surface area contributed by atoms with Crippen LogP contribution >= 0.6 is 0 Å². The van der Waals surface area contributed by atoms with Gasteiger partial charge in [0, 0.05) is 18.6 Å². The van der Waals surface area contributed by atoms with Crippen LogP contribution in [-0.2, 0) is 4.79 Å². The van der Waals surface area contributed by atoms with E-state index in [1.807, 2.05) is 12.1 Å². The first-order valence-electron chi connectivity index (χ1n) is 7.89. The number of benzene rings is 1. The van der Waals surface area contributed by atoms with E-state index in [-0.39, 0.29) is 12.0 Å². The Bertz CT molecular complexity index is 540. The first kappa shape index (κ1) is 17.8. The summed E-state index contributed by atoms with van der Waals surface area (Å²) in [6.07, 6.45) is -4.34. The van der Waals surface area contributed by atoms with Crippen LogP contribution in [0.5, 0.6) is 0 Å². The summed E-state index contributed by atoms with van der Waals surface area (Å²) < 4.78 is 37.3. The lowest BCUT2D eigenvalue weighted by molar-refractivity contribution is -0.174. The normalized spacial score (nSPS) is 25.4. The van der Waals surface area contributed by atoms with Crippen LogP contribution < -0.4 is 10.6 Å². The Hall–Kier alpha value is -1.56. The molecule has 1 amide bonds. The van der Waals surface area contributed by atoms with Gasteiger partial charge in [0.1, 0.15) is 0 Å². The van der Waals surface area contributed by atoms with E-state index in [1.165, 1.54) is 5.56 Å². The molecule has 2 N–H and O–H groups in total. The van der Waals surface area contributed by atoms with Gasteiger partial charge < -0.3 is 10.6 Å². The van der Waals surface area contributed by atoms with Gasteiger partial charge in [0.05, 0.1) is 0 Å². The maximum Gasteiger partial charge on any atom is 0.471 e. The zero-order valence-corrected chi connectivity index (χ0v) is 13.6. The average molecular weight is 328 g/mol. The summed E-state index contributed by atoms with van der Waals surface area (Å²) in [6, 6.07) is 7.45. The van der Waals surface area contributed by atoms with E-state index < -0.39 is 18.1 Å². The van der Waals surface area contributed by atoms with Gasteiger partial charge in [-0.2, -0.15) is 13.2 Å². The molecule has 1 fully saturated rings. The van der Waals surface area contributed by atoms with Crippen LogP contribution in [0.4, 0.5) is 13.2 Å². The Morgan fingerprint density at radius 1 is 1.26 bits per heavy atom. The molecule has 1 aliphatic heterocycles. The molecule has 0 aliphatic carbocycles. The highest BCUT2D eigenvalue weighted by Crippen LogP contribution is 2.28. The van der Waals surface area contributed by atoms with E-state index in [0.717, 1.165) is 5.56 Å². The minimum atomic E-state index is -4.84. The average Bonchev–Trinajstić information content (AvgIpc) is 2.48. The highest BCUT2D eigenvalue weighted by atomic mass is 19.4. The lowest BCUT2D eigenvalue weighted by Gasteiger charge is -2.36. The number of piperidine rings is 1. The Kier molecular flexibility index (Phi) is 5.34. The Morgan fingerprint density at radius 2 is 1.87 bits per heavy atom. The second-order valence-electron chi connectivity index (χ2n) is 6.53. The summed E-state index contributed by atoms with van der Waals surface area (Å²) >= 11 is 0. The fraction of sp³-hybridized carbons (Fsp3) is 0.588. The van der Waals surface area contributed by atoms with Gasteiger partial charge in [-0.05, 0) is 36.3 Å². The van der Waals surface area contributed by atoms with Gasteiger partial charge in [-0.3, -0.25) is 4.79 Å². The van der Waals surface area contributed by atoms with Crippen molar-refractivity contribution in [3.63, 3.8) is 0 Å². The number of alkyl halides is 3. The van der Waals surface area contributed by atoms with E-state index in [9.17, 15) is 18.0 Å². The topological polar surface area (TPSA) is 41.1 Å².